The Kier molecular flexibility index (Phi) is 3.22. The molecule has 2 aromatic heterocycles. The largest absolute Gasteiger partial charge is 0.357 e. The summed E-state index contributed by atoms with van der Waals surface area (Å²) in [6.45, 7) is 2.33. The van der Waals surface area contributed by atoms with Crippen LogP contribution in [0.1, 0.15) is 12.8 Å². The number of aromatic nitrogens is 3. The highest BCUT2D eigenvalue weighted by Crippen LogP contribution is 2.22. The number of anilines is 1. The lowest BCUT2D eigenvalue weighted by Gasteiger charge is -2.29. The van der Waals surface area contributed by atoms with Crippen LogP contribution in [0.25, 0.3) is 4.96 Å². The molecule has 7 heteroatoms. The van der Waals surface area contributed by atoms with Crippen LogP contribution in [0.2, 0.25) is 0 Å². The first kappa shape index (κ1) is 11.7. The molecule has 1 aliphatic rings. The normalized spacial score (nSPS) is 18.9. The zero-order chi connectivity index (χ0) is 11.8. The van der Waals surface area contributed by atoms with Gasteiger partial charge in [0.2, 0.25) is 10.1 Å². The van der Waals surface area contributed by atoms with Crippen molar-refractivity contribution in [2.24, 2.45) is 0 Å². The van der Waals surface area contributed by atoms with E-state index >= 15 is 0 Å². The highest BCUT2D eigenvalue weighted by Gasteiger charge is 2.18. The van der Waals surface area contributed by atoms with Crippen LogP contribution in [0.4, 0.5) is 5.13 Å². The molecule has 2 aromatic rings. The third-order valence-corrected chi connectivity index (χ3v) is 4.43. The number of nitrogens with zero attached hydrogens (tertiary/aromatic N) is 4. The smallest absolute Gasteiger partial charge is 0.214 e. The molecular formula is C10H14IN5S. The third kappa shape index (κ3) is 2.55. The summed E-state index contributed by atoms with van der Waals surface area (Å²) in [4.78, 5) is 7.73. The second-order valence-corrected chi connectivity index (χ2v) is 6.48. The minimum atomic E-state index is 0.557. The van der Waals surface area contributed by atoms with Crippen molar-refractivity contribution in [2.45, 2.75) is 18.9 Å². The van der Waals surface area contributed by atoms with E-state index in [1.807, 2.05) is 10.7 Å². The van der Waals surface area contributed by atoms with Gasteiger partial charge in [-0.3, -0.25) is 0 Å². The zero-order valence-electron chi connectivity index (χ0n) is 9.56. The maximum Gasteiger partial charge on any atom is 0.214 e. The number of piperidine rings is 1. The summed E-state index contributed by atoms with van der Waals surface area (Å²) in [6.07, 6.45) is 4.33. The van der Waals surface area contributed by atoms with Gasteiger partial charge in [0, 0.05) is 6.04 Å². The number of nitrogens with one attached hydrogen (secondary N) is 1. The molecule has 0 unspecified atom stereocenters. The lowest BCUT2D eigenvalue weighted by Crippen LogP contribution is -2.36. The van der Waals surface area contributed by atoms with E-state index < -0.39 is 0 Å². The molecule has 0 atom stereocenters. The molecule has 3 heterocycles. The van der Waals surface area contributed by atoms with Gasteiger partial charge in [0.15, 0.2) is 0 Å². The van der Waals surface area contributed by atoms with Gasteiger partial charge in [-0.2, -0.15) is 0 Å². The predicted octanol–water partition coefficient (Wildman–Crippen LogP) is 1.90. The maximum atomic E-state index is 4.49. The fourth-order valence-electron chi connectivity index (χ4n) is 2.06. The number of halogens is 1. The molecule has 1 fully saturated rings. The molecule has 0 aliphatic carbocycles. The summed E-state index contributed by atoms with van der Waals surface area (Å²) in [6, 6.07) is 0.557. The van der Waals surface area contributed by atoms with Gasteiger partial charge in [0.25, 0.3) is 0 Å². The van der Waals surface area contributed by atoms with Crippen LogP contribution < -0.4 is 5.32 Å². The summed E-state index contributed by atoms with van der Waals surface area (Å²) >= 11 is 3.83. The third-order valence-electron chi connectivity index (χ3n) is 3.06. The summed E-state index contributed by atoms with van der Waals surface area (Å²) in [5, 5.41) is 8.99. The van der Waals surface area contributed by atoms with Crippen molar-refractivity contribution >= 4 is 44.0 Å². The van der Waals surface area contributed by atoms with Crippen molar-refractivity contribution in [1.29, 1.82) is 0 Å². The Morgan fingerprint density at radius 3 is 2.94 bits per heavy atom. The van der Waals surface area contributed by atoms with Crippen molar-refractivity contribution in [3.05, 3.63) is 9.90 Å². The Hall–Kier alpha value is -0.410. The SMILES string of the molecule is CN1CCC(Nc2nn3cc(I)nc3s2)CC1. The minimum Gasteiger partial charge on any atom is -0.357 e. The second-order valence-electron chi connectivity index (χ2n) is 4.42. The highest BCUT2D eigenvalue weighted by molar-refractivity contribution is 14.1. The van der Waals surface area contributed by atoms with E-state index in [0.29, 0.717) is 6.04 Å². The van der Waals surface area contributed by atoms with E-state index in [4.69, 9.17) is 0 Å². The van der Waals surface area contributed by atoms with E-state index in [0.717, 1.165) is 26.9 Å². The summed E-state index contributed by atoms with van der Waals surface area (Å²) in [7, 11) is 2.18. The van der Waals surface area contributed by atoms with E-state index in [1.165, 1.54) is 12.8 Å². The fourth-order valence-corrected chi connectivity index (χ4v) is 3.57. The zero-order valence-corrected chi connectivity index (χ0v) is 12.5. The molecule has 3 rings (SSSR count). The second kappa shape index (κ2) is 4.69. The Balaban J connectivity index is 1.70. The maximum absolute atomic E-state index is 4.49. The predicted molar refractivity (Wildman–Crippen MR) is 77.7 cm³/mol. The average molecular weight is 363 g/mol. The van der Waals surface area contributed by atoms with Gasteiger partial charge < -0.3 is 10.2 Å². The lowest BCUT2D eigenvalue weighted by atomic mass is 10.1. The van der Waals surface area contributed by atoms with Gasteiger partial charge in [-0.1, -0.05) is 11.3 Å². The first-order valence-electron chi connectivity index (χ1n) is 5.67. The van der Waals surface area contributed by atoms with E-state index in [1.54, 1.807) is 11.3 Å². The van der Waals surface area contributed by atoms with Crippen molar-refractivity contribution in [2.75, 3.05) is 25.5 Å². The summed E-state index contributed by atoms with van der Waals surface area (Å²) in [5.41, 5.74) is 0. The van der Waals surface area contributed by atoms with Gasteiger partial charge >= 0.3 is 0 Å². The summed E-state index contributed by atoms with van der Waals surface area (Å²) < 4.78 is 2.84. The topological polar surface area (TPSA) is 45.5 Å². The highest BCUT2D eigenvalue weighted by atomic mass is 127. The van der Waals surface area contributed by atoms with Crippen molar-refractivity contribution in [1.82, 2.24) is 19.5 Å². The van der Waals surface area contributed by atoms with Crippen molar-refractivity contribution in [3.63, 3.8) is 0 Å². The van der Waals surface area contributed by atoms with Crippen molar-refractivity contribution < 1.29 is 0 Å². The molecule has 0 radical (unpaired) electrons. The molecule has 0 bridgehead atoms. The monoisotopic (exact) mass is 363 g/mol. The lowest BCUT2D eigenvalue weighted by molar-refractivity contribution is 0.264. The number of hydrogen-bond acceptors (Lipinski definition) is 5. The quantitative estimate of drug-likeness (QED) is 0.828. The molecule has 0 saturated carbocycles. The summed E-state index contributed by atoms with van der Waals surface area (Å²) in [5.74, 6) is 0. The fraction of sp³-hybridized carbons (Fsp3) is 0.600. The van der Waals surface area contributed by atoms with Crippen LogP contribution in [-0.2, 0) is 0 Å². The Morgan fingerprint density at radius 2 is 2.24 bits per heavy atom. The van der Waals surface area contributed by atoms with Crippen LogP contribution in [0.15, 0.2) is 6.20 Å². The number of rotatable bonds is 2. The number of hydrogen-bond donors (Lipinski definition) is 1. The van der Waals surface area contributed by atoms with Crippen molar-refractivity contribution in [3.8, 4) is 0 Å². The minimum absolute atomic E-state index is 0.557. The average Bonchev–Trinajstić information content (AvgIpc) is 2.78. The molecule has 0 spiro atoms. The molecule has 92 valence electrons. The Labute approximate surface area is 117 Å². The molecule has 17 heavy (non-hydrogen) atoms. The van der Waals surface area contributed by atoms with E-state index in [-0.39, 0.29) is 0 Å². The van der Waals surface area contributed by atoms with Crippen LogP contribution >= 0.6 is 33.9 Å². The van der Waals surface area contributed by atoms with E-state index in [2.05, 4.69) is 49.9 Å². The van der Waals surface area contributed by atoms with Crippen LogP contribution in [0, 0.1) is 3.70 Å². The molecule has 5 nitrogen and oxygen atoms in total. The molecular weight excluding hydrogens is 349 g/mol. The molecule has 1 N–H and O–H groups in total. The van der Waals surface area contributed by atoms with Gasteiger partial charge in [-0.15, -0.1) is 5.10 Å². The number of imidazole rings is 1. The van der Waals surface area contributed by atoms with E-state index in [9.17, 15) is 0 Å². The van der Waals surface area contributed by atoms with Gasteiger partial charge in [-0.25, -0.2) is 9.50 Å². The standard InChI is InChI=1S/C10H14IN5S/c1-15-4-2-7(3-5-15)12-9-14-16-6-8(11)13-10(16)17-9/h6-7H,2-5H2,1H3,(H,12,14). The molecule has 1 saturated heterocycles. The first-order chi connectivity index (χ1) is 8.20. The first-order valence-corrected chi connectivity index (χ1v) is 7.57. The Morgan fingerprint density at radius 1 is 1.47 bits per heavy atom. The Bertz CT molecular complexity index is 482. The molecule has 1 aliphatic heterocycles. The van der Waals surface area contributed by atoms with Gasteiger partial charge in [0.1, 0.15) is 3.70 Å². The van der Waals surface area contributed by atoms with Crippen LogP contribution in [-0.4, -0.2) is 45.7 Å². The molecule has 0 aromatic carbocycles. The van der Waals surface area contributed by atoms with Gasteiger partial charge in [-0.05, 0) is 55.6 Å². The van der Waals surface area contributed by atoms with Crippen LogP contribution in [0.3, 0.4) is 0 Å². The molecule has 0 amide bonds. The number of fused-ring (bicyclic) bond motifs is 1. The van der Waals surface area contributed by atoms with Gasteiger partial charge in [0.05, 0.1) is 6.20 Å². The van der Waals surface area contributed by atoms with Crippen LogP contribution in [0.5, 0.6) is 0 Å². The number of likely N-dealkylation sites (tertiary alicyclic amines) is 1.